The van der Waals surface area contributed by atoms with E-state index in [1.165, 1.54) is 14.0 Å². The van der Waals surface area contributed by atoms with Gasteiger partial charge < -0.3 is 41.2 Å². The molecule has 1 aromatic rings. The largest absolute Gasteiger partial charge is 0.493 e. The Kier molecular flexibility index (Phi) is 15.0. The van der Waals surface area contributed by atoms with Crippen LogP contribution in [0.1, 0.15) is 58.4 Å². The second kappa shape index (κ2) is 18.1. The third-order valence-corrected chi connectivity index (χ3v) is 6.58. The number of methoxy groups -OCH3 is 1. The number of amides is 4. The average molecular weight is 578 g/mol. The van der Waals surface area contributed by atoms with Gasteiger partial charge in [-0.25, -0.2) is 0 Å². The van der Waals surface area contributed by atoms with E-state index in [1.54, 1.807) is 18.2 Å². The molecule has 0 aromatic heterocycles. The SMILES string of the molecule is COc1cc2ccc1OCC(=O)NCCCNCCCCNC(=O)[C@H]([C@@H](C)O)NC(=O)[C@@H](CC(C)C)NC(=O)CC2. The molecule has 0 unspecified atom stereocenters. The highest BCUT2D eigenvalue weighted by Gasteiger charge is 2.30. The Morgan fingerprint density at radius 1 is 0.902 bits per heavy atom. The van der Waals surface area contributed by atoms with Crippen LogP contribution in [0.4, 0.5) is 0 Å². The summed E-state index contributed by atoms with van der Waals surface area (Å²) in [4.78, 5) is 50.9. The van der Waals surface area contributed by atoms with Gasteiger partial charge in [0.1, 0.15) is 12.1 Å². The van der Waals surface area contributed by atoms with Crippen molar-refractivity contribution in [3.63, 3.8) is 0 Å². The molecule has 0 fully saturated rings. The Balaban J connectivity index is 2.15. The first kappa shape index (κ1) is 33.8. The predicted octanol–water partition coefficient (Wildman–Crippen LogP) is 0.409. The molecule has 2 aliphatic heterocycles. The molecule has 3 atom stereocenters. The lowest BCUT2D eigenvalue weighted by Crippen LogP contribution is -2.57. The number of fused-ring (bicyclic) bond motifs is 23. The highest BCUT2D eigenvalue weighted by molar-refractivity contribution is 5.92. The van der Waals surface area contributed by atoms with E-state index in [9.17, 15) is 24.3 Å². The first-order chi connectivity index (χ1) is 19.6. The average Bonchev–Trinajstić information content (AvgIpc) is 2.93. The number of aryl methyl sites for hydroxylation is 1. The van der Waals surface area contributed by atoms with Gasteiger partial charge in [-0.1, -0.05) is 19.9 Å². The van der Waals surface area contributed by atoms with Crippen molar-refractivity contribution in [2.45, 2.75) is 77.5 Å². The van der Waals surface area contributed by atoms with E-state index < -0.39 is 30.0 Å². The van der Waals surface area contributed by atoms with E-state index in [0.29, 0.717) is 43.9 Å². The van der Waals surface area contributed by atoms with Gasteiger partial charge in [-0.3, -0.25) is 19.2 Å². The lowest BCUT2D eigenvalue weighted by molar-refractivity contribution is -0.134. The Morgan fingerprint density at radius 2 is 1.61 bits per heavy atom. The molecular formula is C29H47N5O7. The number of hydrogen-bond acceptors (Lipinski definition) is 8. The number of benzene rings is 1. The van der Waals surface area contributed by atoms with Crippen LogP contribution in [0, 0.1) is 5.92 Å². The number of carbonyl (C=O) groups is 4. The Hall–Kier alpha value is -3.38. The topological polar surface area (TPSA) is 167 Å². The van der Waals surface area contributed by atoms with Crippen molar-refractivity contribution in [1.29, 1.82) is 0 Å². The van der Waals surface area contributed by atoms with Crippen LogP contribution >= 0.6 is 0 Å². The third kappa shape index (κ3) is 12.8. The maximum atomic E-state index is 13.1. The zero-order valence-electron chi connectivity index (χ0n) is 24.7. The van der Waals surface area contributed by atoms with Gasteiger partial charge in [0.2, 0.25) is 17.7 Å². The number of aliphatic hydroxyl groups is 1. The van der Waals surface area contributed by atoms with Crippen molar-refractivity contribution in [2.24, 2.45) is 5.92 Å². The molecule has 3 rings (SSSR count). The fraction of sp³-hybridized carbons (Fsp3) is 0.655. The highest BCUT2D eigenvalue weighted by atomic mass is 16.5. The molecule has 41 heavy (non-hydrogen) atoms. The zero-order valence-corrected chi connectivity index (χ0v) is 24.7. The Morgan fingerprint density at radius 3 is 2.32 bits per heavy atom. The first-order valence-electron chi connectivity index (χ1n) is 14.4. The third-order valence-electron chi connectivity index (χ3n) is 6.58. The van der Waals surface area contributed by atoms with Crippen molar-refractivity contribution in [3.05, 3.63) is 23.8 Å². The van der Waals surface area contributed by atoms with E-state index in [2.05, 4.69) is 26.6 Å². The van der Waals surface area contributed by atoms with Crippen molar-refractivity contribution in [3.8, 4) is 11.5 Å². The number of aliphatic hydroxyl groups excluding tert-OH is 1. The summed E-state index contributed by atoms with van der Waals surface area (Å²) in [7, 11) is 1.50. The van der Waals surface area contributed by atoms with E-state index in [0.717, 1.165) is 31.5 Å². The van der Waals surface area contributed by atoms with E-state index >= 15 is 0 Å². The lowest BCUT2D eigenvalue weighted by Gasteiger charge is -2.25. The molecule has 230 valence electrons. The fourth-order valence-corrected chi connectivity index (χ4v) is 4.33. The molecule has 4 amide bonds. The number of nitrogens with one attached hydrogen (secondary N) is 5. The van der Waals surface area contributed by atoms with Crippen LogP contribution in [0.15, 0.2) is 18.2 Å². The molecule has 0 spiro atoms. The molecule has 0 saturated heterocycles. The van der Waals surface area contributed by atoms with Gasteiger partial charge in [-0.15, -0.1) is 0 Å². The van der Waals surface area contributed by atoms with Gasteiger partial charge in [0.05, 0.1) is 13.2 Å². The summed E-state index contributed by atoms with van der Waals surface area (Å²) in [5, 5.41) is 24.5. The van der Waals surface area contributed by atoms with Crippen LogP contribution in [-0.2, 0) is 25.6 Å². The van der Waals surface area contributed by atoms with E-state index in [4.69, 9.17) is 9.47 Å². The molecular weight excluding hydrogens is 530 g/mol. The van der Waals surface area contributed by atoms with Gasteiger partial charge in [0.15, 0.2) is 18.1 Å². The standard InChI is InChI=1S/C29H47N5O7/c1-19(2)16-22-28(38)34-27(20(3)35)29(39)32-14-6-5-12-30-13-7-15-31-26(37)18-41-23-10-8-21(17-24(23)40-4)9-11-25(36)33-22/h8,10,17,19-20,22,27,30,35H,5-7,9,11-16,18H2,1-4H3,(H,31,37)(H,32,39)(H,33,36)(H,34,38)/t20-,22-,27+/m1/s1. The maximum absolute atomic E-state index is 13.1. The molecule has 0 aliphatic carbocycles. The fourth-order valence-electron chi connectivity index (χ4n) is 4.33. The normalized spacial score (nSPS) is 22.1. The van der Waals surface area contributed by atoms with Crippen LogP contribution in [0.5, 0.6) is 11.5 Å². The van der Waals surface area contributed by atoms with E-state index in [1.807, 2.05) is 13.8 Å². The number of carbonyl (C=O) groups excluding carboxylic acids is 4. The van der Waals surface area contributed by atoms with Crippen molar-refractivity contribution in [1.82, 2.24) is 26.6 Å². The molecule has 0 radical (unpaired) electrons. The van der Waals surface area contributed by atoms with Gasteiger partial charge >= 0.3 is 0 Å². The number of rotatable bonds is 4. The summed E-state index contributed by atoms with van der Waals surface area (Å²) in [6, 6.07) is 3.24. The van der Waals surface area contributed by atoms with Gasteiger partial charge in [0.25, 0.3) is 5.91 Å². The summed E-state index contributed by atoms with van der Waals surface area (Å²) < 4.78 is 11.1. The van der Waals surface area contributed by atoms with Crippen molar-refractivity contribution >= 4 is 23.6 Å². The van der Waals surface area contributed by atoms with Crippen LogP contribution in [0.3, 0.4) is 0 Å². The van der Waals surface area contributed by atoms with E-state index in [-0.39, 0.29) is 30.8 Å². The first-order valence-corrected chi connectivity index (χ1v) is 14.4. The van der Waals surface area contributed by atoms with Crippen LogP contribution < -0.4 is 36.1 Å². The summed E-state index contributed by atoms with van der Waals surface area (Å²) in [6.07, 6.45) is 2.02. The highest BCUT2D eigenvalue weighted by Crippen LogP contribution is 2.28. The molecule has 12 heteroatoms. The summed E-state index contributed by atoms with van der Waals surface area (Å²) in [5.41, 5.74) is 0.818. The van der Waals surface area contributed by atoms with Gasteiger partial charge in [0, 0.05) is 19.5 Å². The second-order valence-corrected chi connectivity index (χ2v) is 10.7. The smallest absolute Gasteiger partial charge is 0.257 e. The Labute approximate surface area is 242 Å². The predicted molar refractivity (Wildman–Crippen MR) is 155 cm³/mol. The number of hydrogen-bond donors (Lipinski definition) is 6. The Bertz CT molecular complexity index is 1000. The lowest BCUT2D eigenvalue weighted by atomic mass is 10.0. The molecule has 12 nitrogen and oxygen atoms in total. The number of ether oxygens (including phenoxy) is 2. The molecule has 2 bridgehead atoms. The van der Waals surface area contributed by atoms with Gasteiger partial charge in [-0.05, 0) is 75.7 Å². The molecule has 2 aliphatic rings. The summed E-state index contributed by atoms with van der Waals surface area (Å²) in [6.45, 7) is 7.54. The molecule has 2 heterocycles. The molecule has 1 aromatic carbocycles. The van der Waals surface area contributed by atoms with Crippen molar-refractivity contribution < 1.29 is 33.8 Å². The molecule has 6 N–H and O–H groups in total. The minimum absolute atomic E-state index is 0.0951. The van der Waals surface area contributed by atoms with Crippen molar-refractivity contribution in [2.75, 3.05) is 39.9 Å². The van der Waals surface area contributed by atoms with Crippen LogP contribution in [0.2, 0.25) is 0 Å². The maximum Gasteiger partial charge on any atom is 0.257 e. The summed E-state index contributed by atoms with van der Waals surface area (Å²) >= 11 is 0. The quantitative estimate of drug-likeness (QED) is 0.280. The van der Waals surface area contributed by atoms with Crippen LogP contribution in [-0.4, -0.2) is 86.8 Å². The summed E-state index contributed by atoms with van der Waals surface area (Å²) in [5.74, 6) is -0.598. The molecule has 0 saturated carbocycles. The van der Waals surface area contributed by atoms with Crippen LogP contribution in [0.25, 0.3) is 0 Å². The van der Waals surface area contributed by atoms with Gasteiger partial charge in [-0.2, -0.15) is 0 Å². The minimum atomic E-state index is -1.14. The second-order valence-electron chi connectivity index (χ2n) is 10.7. The monoisotopic (exact) mass is 577 g/mol. The minimum Gasteiger partial charge on any atom is -0.493 e. The zero-order chi connectivity index (χ0) is 30.2.